The fourth-order valence-corrected chi connectivity index (χ4v) is 11.1. The molecule has 0 aromatic rings. The Kier molecular flexibility index (Phi) is 5.60. The SMILES string of the molecule is CC1(C)CC[C@]2(C(=O)O)CC[C@]3(C)C(=CC[C@@]4(C)[C@@]3(C)CC[C@@H]3[C@](C)(C(=O)O)[C@@H](O)[C@@H](O)C[C@@]34C)[C@@H]2C1. The molecular weight excluding hydrogens is 468 g/mol. The lowest BCUT2D eigenvalue weighted by atomic mass is 9.28. The van der Waals surface area contributed by atoms with E-state index < -0.39 is 40.4 Å². The van der Waals surface area contributed by atoms with E-state index >= 15 is 0 Å². The van der Waals surface area contributed by atoms with Crippen LogP contribution < -0.4 is 0 Å². The highest BCUT2D eigenvalue weighted by Crippen LogP contribution is 2.80. The predicted molar refractivity (Wildman–Crippen MR) is 141 cm³/mol. The van der Waals surface area contributed by atoms with Crippen LogP contribution in [0.1, 0.15) is 106 Å². The van der Waals surface area contributed by atoms with Crippen molar-refractivity contribution in [2.45, 2.75) is 118 Å². The van der Waals surface area contributed by atoms with Crippen molar-refractivity contribution in [1.82, 2.24) is 0 Å². The van der Waals surface area contributed by atoms with Crippen molar-refractivity contribution in [3.63, 3.8) is 0 Å². The molecule has 0 amide bonds. The third kappa shape index (κ3) is 2.95. The zero-order valence-corrected chi connectivity index (χ0v) is 23.9. The number of carboxylic acid groups (broad SMARTS) is 2. The Morgan fingerprint density at radius 1 is 0.811 bits per heavy atom. The third-order valence-electron chi connectivity index (χ3n) is 14.1. The van der Waals surface area contributed by atoms with E-state index in [-0.39, 0.29) is 33.5 Å². The van der Waals surface area contributed by atoms with Crippen molar-refractivity contribution >= 4 is 11.9 Å². The maximum absolute atomic E-state index is 12.8. The highest BCUT2D eigenvalue weighted by atomic mass is 16.4. The number of allylic oxidation sites excluding steroid dienone is 2. The summed E-state index contributed by atoms with van der Waals surface area (Å²) in [5, 5.41) is 42.9. The highest BCUT2D eigenvalue weighted by Gasteiger charge is 2.75. The minimum absolute atomic E-state index is 0.0162. The van der Waals surface area contributed by atoms with E-state index in [0.29, 0.717) is 19.3 Å². The van der Waals surface area contributed by atoms with Crippen LogP contribution in [-0.2, 0) is 9.59 Å². The van der Waals surface area contributed by atoms with Crippen molar-refractivity contribution in [2.75, 3.05) is 0 Å². The Morgan fingerprint density at radius 2 is 1.43 bits per heavy atom. The number of hydrogen-bond donors (Lipinski definition) is 4. The number of fused-ring (bicyclic) bond motifs is 7. The molecule has 0 radical (unpaired) electrons. The van der Waals surface area contributed by atoms with Crippen LogP contribution in [0.3, 0.4) is 0 Å². The van der Waals surface area contributed by atoms with Crippen LogP contribution in [0.25, 0.3) is 0 Å². The molecule has 0 saturated heterocycles. The fraction of sp³-hybridized carbons (Fsp3) is 0.871. The number of rotatable bonds is 2. The Morgan fingerprint density at radius 3 is 2.03 bits per heavy atom. The minimum atomic E-state index is -1.42. The van der Waals surface area contributed by atoms with E-state index in [1.54, 1.807) is 6.92 Å². The second-order valence-electron chi connectivity index (χ2n) is 15.6. The van der Waals surface area contributed by atoms with Gasteiger partial charge in [0.15, 0.2) is 0 Å². The van der Waals surface area contributed by atoms with Gasteiger partial charge in [-0.3, -0.25) is 9.59 Å². The molecule has 4 fully saturated rings. The maximum Gasteiger partial charge on any atom is 0.312 e. The van der Waals surface area contributed by atoms with Gasteiger partial charge in [0.05, 0.1) is 23.0 Å². The lowest BCUT2D eigenvalue weighted by Gasteiger charge is -2.75. The topological polar surface area (TPSA) is 115 Å². The summed E-state index contributed by atoms with van der Waals surface area (Å²) in [5.41, 5.74) is -1.89. The second-order valence-corrected chi connectivity index (χ2v) is 15.6. The molecule has 208 valence electrons. The van der Waals surface area contributed by atoms with Gasteiger partial charge in [-0.1, -0.05) is 53.2 Å². The molecule has 37 heavy (non-hydrogen) atoms. The van der Waals surface area contributed by atoms with Crippen LogP contribution in [-0.4, -0.2) is 44.6 Å². The Hall–Kier alpha value is -1.40. The lowest BCUT2D eigenvalue weighted by molar-refractivity contribution is -0.272. The molecule has 4 saturated carbocycles. The van der Waals surface area contributed by atoms with Gasteiger partial charge in [0.25, 0.3) is 0 Å². The summed E-state index contributed by atoms with van der Waals surface area (Å²) in [4.78, 5) is 25.5. The van der Waals surface area contributed by atoms with Gasteiger partial charge in [-0.05, 0) is 104 Å². The normalized spacial score (nSPS) is 54.6. The first kappa shape index (κ1) is 27.2. The van der Waals surface area contributed by atoms with Gasteiger partial charge in [-0.15, -0.1) is 0 Å². The standard InChI is InChI=1S/C31H48O6/c1-25(2)12-14-31(24(36)37)15-13-26(3)18(19(31)16-25)8-10-29(6)27(4)17-20(32)22(33)30(7,23(34)35)21(27)9-11-28(26,29)5/h8,19-22,32-33H,9-17H2,1-7H3,(H,34,35)(H,36,37)/t19-,20-,21-,22-,26+,27-,28-,29+,30-,31-/m0/s1. The van der Waals surface area contributed by atoms with E-state index in [0.717, 1.165) is 38.5 Å². The van der Waals surface area contributed by atoms with E-state index in [1.165, 1.54) is 5.57 Å². The molecule has 0 aromatic heterocycles. The molecule has 0 unspecified atom stereocenters. The van der Waals surface area contributed by atoms with Crippen molar-refractivity contribution in [1.29, 1.82) is 0 Å². The highest BCUT2D eigenvalue weighted by molar-refractivity contribution is 5.77. The van der Waals surface area contributed by atoms with Crippen molar-refractivity contribution in [3.05, 3.63) is 11.6 Å². The monoisotopic (exact) mass is 516 g/mol. The number of carboxylic acids is 2. The average Bonchev–Trinajstić information content (AvgIpc) is 2.79. The minimum Gasteiger partial charge on any atom is -0.481 e. The number of aliphatic hydroxyl groups excluding tert-OH is 2. The fourth-order valence-electron chi connectivity index (χ4n) is 11.1. The average molecular weight is 517 g/mol. The zero-order valence-electron chi connectivity index (χ0n) is 23.9. The molecule has 0 aliphatic heterocycles. The molecule has 0 spiro atoms. The predicted octanol–water partition coefficient (Wildman–Crippen LogP) is 5.66. The van der Waals surface area contributed by atoms with Crippen LogP contribution >= 0.6 is 0 Å². The summed E-state index contributed by atoms with van der Waals surface area (Å²) in [7, 11) is 0. The first-order valence-corrected chi connectivity index (χ1v) is 14.4. The van der Waals surface area contributed by atoms with Crippen molar-refractivity contribution < 1.29 is 30.0 Å². The first-order valence-electron chi connectivity index (χ1n) is 14.4. The van der Waals surface area contributed by atoms with Crippen molar-refractivity contribution in [3.8, 4) is 0 Å². The molecule has 10 atom stereocenters. The molecule has 6 nitrogen and oxygen atoms in total. The van der Waals surface area contributed by atoms with Gasteiger partial charge in [0.2, 0.25) is 0 Å². The molecule has 4 N–H and O–H groups in total. The van der Waals surface area contributed by atoms with Crippen LogP contribution in [0, 0.1) is 49.7 Å². The second kappa shape index (κ2) is 7.62. The number of hydrogen-bond acceptors (Lipinski definition) is 4. The van der Waals surface area contributed by atoms with E-state index in [1.807, 2.05) is 0 Å². The maximum atomic E-state index is 12.8. The smallest absolute Gasteiger partial charge is 0.312 e. The van der Waals surface area contributed by atoms with Gasteiger partial charge < -0.3 is 20.4 Å². The Balaban J connectivity index is 1.67. The summed E-state index contributed by atoms with van der Waals surface area (Å²) < 4.78 is 0. The molecule has 0 bridgehead atoms. The van der Waals surface area contributed by atoms with Crippen LogP contribution in [0.15, 0.2) is 11.6 Å². The molecule has 6 heteroatoms. The van der Waals surface area contributed by atoms with E-state index in [9.17, 15) is 30.0 Å². The number of carbonyl (C=O) groups is 2. The van der Waals surface area contributed by atoms with Crippen LogP contribution in [0.4, 0.5) is 0 Å². The summed E-state index contributed by atoms with van der Waals surface area (Å²) in [6.45, 7) is 15.4. The molecular formula is C31H48O6. The lowest BCUT2D eigenvalue weighted by Crippen LogP contribution is -2.72. The molecule has 5 rings (SSSR count). The summed E-state index contributed by atoms with van der Waals surface area (Å²) in [5.74, 6) is -1.93. The molecule has 0 aromatic carbocycles. The first-order chi connectivity index (χ1) is 16.9. The molecule has 5 aliphatic carbocycles. The van der Waals surface area contributed by atoms with Gasteiger partial charge in [-0.2, -0.15) is 0 Å². The Labute approximate surface area is 221 Å². The quantitative estimate of drug-likeness (QED) is 0.352. The Bertz CT molecular complexity index is 1060. The number of aliphatic carboxylic acids is 2. The molecule has 5 aliphatic rings. The summed E-state index contributed by atoms with van der Waals surface area (Å²) in [6, 6.07) is 0. The van der Waals surface area contributed by atoms with Gasteiger partial charge in [0.1, 0.15) is 0 Å². The third-order valence-corrected chi connectivity index (χ3v) is 14.1. The largest absolute Gasteiger partial charge is 0.481 e. The van der Waals surface area contributed by atoms with E-state index in [4.69, 9.17) is 0 Å². The van der Waals surface area contributed by atoms with E-state index in [2.05, 4.69) is 47.6 Å². The van der Waals surface area contributed by atoms with Crippen LogP contribution in [0.2, 0.25) is 0 Å². The van der Waals surface area contributed by atoms with Gasteiger partial charge in [0, 0.05) is 0 Å². The van der Waals surface area contributed by atoms with Gasteiger partial charge in [-0.25, -0.2) is 0 Å². The van der Waals surface area contributed by atoms with Crippen molar-refractivity contribution in [2.24, 2.45) is 49.7 Å². The number of aliphatic hydroxyl groups is 2. The van der Waals surface area contributed by atoms with Gasteiger partial charge >= 0.3 is 11.9 Å². The summed E-state index contributed by atoms with van der Waals surface area (Å²) in [6.07, 6.45) is 6.63. The summed E-state index contributed by atoms with van der Waals surface area (Å²) >= 11 is 0. The molecule has 0 heterocycles. The van der Waals surface area contributed by atoms with Crippen LogP contribution in [0.5, 0.6) is 0 Å². The zero-order chi connectivity index (χ0) is 27.6.